The molecule has 1 atom stereocenters. The summed E-state index contributed by atoms with van der Waals surface area (Å²) in [7, 11) is 0. The monoisotopic (exact) mass is 323 g/mol. The number of amides is 1. The molecular formula is C18H21N5O. The van der Waals surface area contributed by atoms with E-state index >= 15 is 0 Å². The fraction of sp³-hybridized carbons (Fsp3) is 0.389. The first-order valence-electron chi connectivity index (χ1n) is 8.49. The fourth-order valence-electron chi connectivity index (χ4n) is 3.05. The van der Waals surface area contributed by atoms with Gasteiger partial charge in [0.05, 0.1) is 29.2 Å². The summed E-state index contributed by atoms with van der Waals surface area (Å²) in [6, 6.07) is 6.05. The lowest BCUT2D eigenvalue weighted by Crippen LogP contribution is -2.16. The summed E-state index contributed by atoms with van der Waals surface area (Å²) < 4.78 is 2.03. The molecule has 0 aliphatic heterocycles. The first-order valence-corrected chi connectivity index (χ1v) is 8.49. The summed E-state index contributed by atoms with van der Waals surface area (Å²) in [5, 5.41) is 15.4. The van der Waals surface area contributed by atoms with Gasteiger partial charge in [-0.2, -0.15) is 10.2 Å². The SMILES string of the molecule is CCC(C)n1ncc(C(=O)Nc2ccc3cn[nH]c3c2)c1C1CC1. The van der Waals surface area contributed by atoms with Crippen LogP contribution in [0.15, 0.2) is 30.6 Å². The van der Waals surface area contributed by atoms with Crippen LogP contribution in [0.25, 0.3) is 10.9 Å². The maximum Gasteiger partial charge on any atom is 0.259 e. The molecular weight excluding hydrogens is 302 g/mol. The van der Waals surface area contributed by atoms with E-state index in [4.69, 9.17) is 0 Å². The number of anilines is 1. The Balaban J connectivity index is 1.63. The molecule has 1 aliphatic rings. The van der Waals surface area contributed by atoms with Gasteiger partial charge in [0, 0.05) is 23.0 Å². The first kappa shape index (κ1) is 14.9. The second kappa shape index (κ2) is 5.78. The Morgan fingerprint density at radius 2 is 2.25 bits per heavy atom. The molecule has 2 aromatic heterocycles. The first-order chi connectivity index (χ1) is 11.7. The Kier molecular flexibility index (Phi) is 3.59. The minimum atomic E-state index is -0.0923. The third kappa shape index (κ3) is 2.58. The Morgan fingerprint density at radius 1 is 1.42 bits per heavy atom. The van der Waals surface area contributed by atoms with Gasteiger partial charge in [0.15, 0.2) is 0 Å². The van der Waals surface area contributed by atoms with E-state index in [2.05, 4.69) is 34.5 Å². The summed E-state index contributed by atoms with van der Waals surface area (Å²) >= 11 is 0. The molecule has 0 radical (unpaired) electrons. The van der Waals surface area contributed by atoms with E-state index in [0.717, 1.165) is 41.5 Å². The molecule has 1 amide bonds. The fourth-order valence-corrected chi connectivity index (χ4v) is 3.05. The van der Waals surface area contributed by atoms with Crippen molar-refractivity contribution in [3.8, 4) is 0 Å². The molecule has 2 N–H and O–H groups in total. The van der Waals surface area contributed by atoms with Gasteiger partial charge in [-0.25, -0.2) is 0 Å². The van der Waals surface area contributed by atoms with E-state index in [1.54, 1.807) is 12.4 Å². The number of aromatic nitrogens is 4. The van der Waals surface area contributed by atoms with E-state index < -0.39 is 0 Å². The van der Waals surface area contributed by atoms with Crippen molar-refractivity contribution in [1.82, 2.24) is 20.0 Å². The molecule has 124 valence electrons. The summed E-state index contributed by atoms with van der Waals surface area (Å²) in [4.78, 5) is 12.8. The van der Waals surface area contributed by atoms with Gasteiger partial charge in [-0.1, -0.05) is 6.92 Å². The normalized spacial score (nSPS) is 15.6. The molecule has 24 heavy (non-hydrogen) atoms. The smallest absolute Gasteiger partial charge is 0.259 e. The maximum absolute atomic E-state index is 12.8. The average Bonchev–Trinajstić information content (AvgIpc) is 3.15. The molecule has 1 aliphatic carbocycles. The highest BCUT2D eigenvalue weighted by Crippen LogP contribution is 2.42. The summed E-state index contributed by atoms with van der Waals surface area (Å²) in [5.74, 6) is 0.377. The van der Waals surface area contributed by atoms with Crippen LogP contribution in [0.4, 0.5) is 5.69 Å². The van der Waals surface area contributed by atoms with Crippen LogP contribution < -0.4 is 5.32 Å². The number of fused-ring (bicyclic) bond motifs is 1. The Bertz CT molecular complexity index is 890. The largest absolute Gasteiger partial charge is 0.322 e. The lowest BCUT2D eigenvalue weighted by atomic mass is 10.1. The van der Waals surface area contributed by atoms with Crippen molar-refractivity contribution in [3.05, 3.63) is 41.9 Å². The van der Waals surface area contributed by atoms with Crippen molar-refractivity contribution in [1.29, 1.82) is 0 Å². The van der Waals surface area contributed by atoms with E-state index in [-0.39, 0.29) is 5.91 Å². The van der Waals surface area contributed by atoms with Gasteiger partial charge in [-0.3, -0.25) is 14.6 Å². The topological polar surface area (TPSA) is 75.6 Å². The number of H-pyrrole nitrogens is 1. The van der Waals surface area contributed by atoms with Crippen LogP contribution in [-0.4, -0.2) is 25.9 Å². The van der Waals surface area contributed by atoms with Crippen molar-refractivity contribution < 1.29 is 4.79 Å². The number of aromatic amines is 1. The van der Waals surface area contributed by atoms with Gasteiger partial charge in [-0.05, 0) is 44.4 Å². The number of nitrogens with zero attached hydrogens (tertiary/aromatic N) is 3. The zero-order valence-corrected chi connectivity index (χ0v) is 13.9. The lowest BCUT2D eigenvalue weighted by molar-refractivity contribution is 0.102. The van der Waals surface area contributed by atoms with Gasteiger partial charge in [0.25, 0.3) is 5.91 Å². The second-order valence-corrected chi connectivity index (χ2v) is 6.55. The molecule has 4 rings (SSSR count). The van der Waals surface area contributed by atoms with Crippen molar-refractivity contribution in [2.45, 2.75) is 45.1 Å². The van der Waals surface area contributed by atoms with Crippen LogP contribution >= 0.6 is 0 Å². The van der Waals surface area contributed by atoms with E-state index in [9.17, 15) is 4.79 Å². The van der Waals surface area contributed by atoms with Crippen LogP contribution in [0, 0.1) is 0 Å². The third-order valence-electron chi connectivity index (χ3n) is 4.75. The van der Waals surface area contributed by atoms with Crippen molar-refractivity contribution in [2.24, 2.45) is 0 Å². The molecule has 0 spiro atoms. The zero-order valence-electron chi connectivity index (χ0n) is 13.9. The lowest BCUT2D eigenvalue weighted by Gasteiger charge is -2.14. The van der Waals surface area contributed by atoms with E-state index in [1.807, 2.05) is 22.9 Å². The van der Waals surface area contributed by atoms with Crippen molar-refractivity contribution in [3.63, 3.8) is 0 Å². The van der Waals surface area contributed by atoms with E-state index in [1.165, 1.54) is 0 Å². The van der Waals surface area contributed by atoms with Gasteiger partial charge >= 0.3 is 0 Å². The summed E-state index contributed by atoms with van der Waals surface area (Å²) in [6.07, 6.45) is 6.76. The van der Waals surface area contributed by atoms with E-state index in [0.29, 0.717) is 17.5 Å². The highest BCUT2D eigenvalue weighted by Gasteiger charge is 2.33. The average molecular weight is 323 g/mol. The molecule has 6 heteroatoms. The number of hydrogen-bond donors (Lipinski definition) is 2. The van der Waals surface area contributed by atoms with Gasteiger partial charge < -0.3 is 5.32 Å². The van der Waals surface area contributed by atoms with Crippen molar-refractivity contribution >= 4 is 22.5 Å². The van der Waals surface area contributed by atoms with Gasteiger partial charge in [-0.15, -0.1) is 0 Å². The molecule has 1 aromatic carbocycles. The maximum atomic E-state index is 12.8. The van der Waals surface area contributed by atoms with Crippen LogP contribution in [-0.2, 0) is 0 Å². The van der Waals surface area contributed by atoms with Gasteiger partial charge in [0.1, 0.15) is 0 Å². The Labute approximate surface area is 140 Å². The molecule has 1 unspecified atom stereocenters. The minimum absolute atomic E-state index is 0.0923. The number of nitrogens with one attached hydrogen (secondary N) is 2. The zero-order chi connectivity index (χ0) is 16.7. The predicted octanol–water partition coefficient (Wildman–Crippen LogP) is 3.86. The molecule has 1 fully saturated rings. The number of rotatable bonds is 5. The van der Waals surface area contributed by atoms with Crippen LogP contribution in [0.3, 0.4) is 0 Å². The molecule has 0 saturated heterocycles. The van der Waals surface area contributed by atoms with Crippen LogP contribution in [0.2, 0.25) is 0 Å². The highest BCUT2D eigenvalue weighted by molar-refractivity contribution is 6.05. The van der Waals surface area contributed by atoms with Crippen molar-refractivity contribution in [2.75, 3.05) is 5.32 Å². The molecule has 1 saturated carbocycles. The number of benzene rings is 1. The molecule has 0 bridgehead atoms. The Hall–Kier alpha value is -2.63. The number of carbonyl (C=O) groups is 1. The summed E-state index contributed by atoms with van der Waals surface area (Å²) in [5.41, 5.74) is 3.45. The predicted molar refractivity (Wildman–Crippen MR) is 93.3 cm³/mol. The van der Waals surface area contributed by atoms with Gasteiger partial charge in [0.2, 0.25) is 0 Å². The standard InChI is InChI=1S/C18H21N5O/c1-3-11(2)23-17(12-4-5-12)15(10-20-23)18(24)21-14-7-6-13-9-19-22-16(13)8-14/h6-12H,3-5H2,1-2H3,(H,19,22)(H,21,24). The summed E-state index contributed by atoms with van der Waals surface area (Å²) in [6.45, 7) is 4.29. The van der Waals surface area contributed by atoms with Crippen LogP contribution in [0.1, 0.15) is 61.1 Å². The molecule has 3 aromatic rings. The molecule has 6 nitrogen and oxygen atoms in total. The number of hydrogen-bond acceptors (Lipinski definition) is 3. The quantitative estimate of drug-likeness (QED) is 0.748. The third-order valence-corrected chi connectivity index (χ3v) is 4.75. The minimum Gasteiger partial charge on any atom is -0.322 e. The number of carbonyl (C=O) groups excluding carboxylic acids is 1. The Morgan fingerprint density at radius 3 is 3.00 bits per heavy atom. The highest BCUT2D eigenvalue weighted by atomic mass is 16.1. The molecule has 2 heterocycles. The second-order valence-electron chi connectivity index (χ2n) is 6.55. The van der Waals surface area contributed by atoms with Crippen LogP contribution in [0.5, 0.6) is 0 Å².